The lowest BCUT2D eigenvalue weighted by molar-refractivity contribution is -0.119. The Labute approximate surface area is 186 Å². The van der Waals surface area contributed by atoms with E-state index in [1.54, 1.807) is 14.2 Å². The lowest BCUT2D eigenvalue weighted by Crippen LogP contribution is -2.40. The van der Waals surface area contributed by atoms with Gasteiger partial charge in [-0.05, 0) is 48.7 Å². The summed E-state index contributed by atoms with van der Waals surface area (Å²) in [5, 5.41) is 3.30. The van der Waals surface area contributed by atoms with Gasteiger partial charge in [0.1, 0.15) is 6.54 Å². The second-order valence-corrected chi connectivity index (χ2v) is 9.32. The summed E-state index contributed by atoms with van der Waals surface area (Å²) in [5.74, 6) is 0.864. The molecule has 0 radical (unpaired) electrons. The van der Waals surface area contributed by atoms with Crippen molar-refractivity contribution in [1.29, 1.82) is 0 Å². The summed E-state index contributed by atoms with van der Waals surface area (Å²) in [6.45, 7) is 0.0208. The minimum absolute atomic E-state index is 0.232. The fourth-order valence-electron chi connectivity index (χ4n) is 2.83. The number of ether oxygens (including phenoxy) is 2. The zero-order valence-corrected chi connectivity index (χ0v) is 19.3. The first-order chi connectivity index (χ1) is 14.1. The molecule has 0 aliphatic rings. The van der Waals surface area contributed by atoms with Crippen molar-refractivity contribution >= 4 is 44.8 Å². The van der Waals surface area contributed by atoms with E-state index in [0.29, 0.717) is 30.9 Å². The highest BCUT2D eigenvalue weighted by Gasteiger charge is 2.21. The maximum atomic E-state index is 12.3. The largest absolute Gasteiger partial charge is 0.493 e. The molecule has 2 aromatic rings. The van der Waals surface area contributed by atoms with Gasteiger partial charge in [0.05, 0.1) is 26.2 Å². The number of amides is 1. The van der Waals surface area contributed by atoms with E-state index in [1.165, 1.54) is 18.2 Å². The molecule has 0 atom stereocenters. The SMILES string of the molecule is COc1ccc(CCCNC(=O)CN(c2cc(Cl)cc(Cl)c2)S(C)(=O)=O)cc1OC. The summed E-state index contributed by atoms with van der Waals surface area (Å²) in [7, 11) is -0.559. The number of nitrogens with zero attached hydrogens (tertiary/aromatic N) is 1. The molecule has 0 spiro atoms. The Kier molecular flexibility index (Phi) is 8.64. The zero-order chi connectivity index (χ0) is 22.3. The first-order valence-corrected chi connectivity index (χ1v) is 11.7. The van der Waals surface area contributed by atoms with Crippen molar-refractivity contribution in [1.82, 2.24) is 5.32 Å². The number of carbonyl (C=O) groups is 1. The van der Waals surface area contributed by atoms with Crippen LogP contribution >= 0.6 is 23.2 Å². The van der Waals surface area contributed by atoms with Crippen LogP contribution in [0.2, 0.25) is 10.0 Å². The van der Waals surface area contributed by atoms with Crippen LogP contribution in [0.3, 0.4) is 0 Å². The second kappa shape index (κ2) is 10.7. The summed E-state index contributed by atoms with van der Waals surface area (Å²) in [4.78, 5) is 12.3. The smallest absolute Gasteiger partial charge is 0.240 e. The Morgan fingerprint density at radius 3 is 2.23 bits per heavy atom. The lowest BCUT2D eigenvalue weighted by Gasteiger charge is -2.22. The predicted molar refractivity (Wildman–Crippen MR) is 120 cm³/mol. The van der Waals surface area contributed by atoms with Crippen LogP contribution < -0.4 is 19.1 Å². The highest BCUT2D eigenvalue weighted by molar-refractivity contribution is 7.92. The molecule has 0 aliphatic carbocycles. The number of hydrogen-bond donors (Lipinski definition) is 1. The predicted octanol–water partition coefficient (Wildman–Crippen LogP) is 3.53. The van der Waals surface area contributed by atoms with Gasteiger partial charge < -0.3 is 14.8 Å². The van der Waals surface area contributed by atoms with Crippen molar-refractivity contribution in [3.05, 3.63) is 52.0 Å². The Balaban J connectivity index is 1.93. The van der Waals surface area contributed by atoms with E-state index < -0.39 is 15.9 Å². The molecule has 0 unspecified atom stereocenters. The van der Waals surface area contributed by atoms with Crippen molar-refractivity contribution < 1.29 is 22.7 Å². The molecule has 10 heteroatoms. The monoisotopic (exact) mass is 474 g/mol. The van der Waals surface area contributed by atoms with Gasteiger partial charge in [-0.25, -0.2) is 8.42 Å². The Morgan fingerprint density at radius 1 is 1.03 bits per heavy atom. The first kappa shape index (κ1) is 24.1. The van der Waals surface area contributed by atoms with E-state index >= 15 is 0 Å². The Bertz CT molecular complexity index is 978. The van der Waals surface area contributed by atoms with Crippen LogP contribution in [0.15, 0.2) is 36.4 Å². The minimum Gasteiger partial charge on any atom is -0.493 e. The summed E-state index contributed by atoms with van der Waals surface area (Å²) < 4.78 is 35.8. The fraction of sp³-hybridized carbons (Fsp3) is 0.350. The average Bonchev–Trinajstić information content (AvgIpc) is 2.67. The molecule has 0 aromatic heterocycles. The molecule has 7 nitrogen and oxygen atoms in total. The van der Waals surface area contributed by atoms with Crippen molar-refractivity contribution in [2.45, 2.75) is 12.8 Å². The number of hydrogen-bond acceptors (Lipinski definition) is 5. The standard InChI is InChI=1S/C20H24Cl2N2O5S/c1-28-18-7-6-14(9-19(18)29-2)5-4-8-23-20(25)13-24(30(3,26)27)17-11-15(21)10-16(22)12-17/h6-7,9-12H,4-5,8,13H2,1-3H3,(H,23,25). The number of halogens is 2. The molecule has 164 valence electrons. The minimum atomic E-state index is -3.71. The molecule has 30 heavy (non-hydrogen) atoms. The lowest BCUT2D eigenvalue weighted by atomic mass is 10.1. The molecule has 1 amide bonds. The van der Waals surface area contributed by atoms with E-state index in [0.717, 1.165) is 16.1 Å². The number of carbonyl (C=O) groups excluding carboxylic acids is 1. The molecule has 0 saturated carbocycles. The highest BCUT2D eigenvalue weighted by Crippen LogP contribution is 2.28. The normalized spacial score (nSPS) is 11.1. The maximum absolute atomic E-state index is 12.3. The van der Waals surface area contributed by atoms with E-state index in [1.807, 2.05) is 18.2 Å². The average molecular weight is 475 g/mol. The van der Waals surface area contributed by atoms with Gasteiger partial charge >= 0.3 is 0 Å². The van der Waals surface area contributed by atoms with E-state index in [4.69, 9.17) is 32.7 Å². The first-order valence-electron chi connectivity index (χ1n) is 9.05. The van der Waals surface area contributed by atoms with Crippen LogP contribution in [0.1, 0.15) is 12.0 Å². The third-order valence-electron chi connectivity index (χ3n) is 4.24. The van der Waals surface area contributed by atoms with Crippen LogP contribution in [-0.4, -0.2) is 47.9 Å². The van der Waals surface area contributed by atoms with Crippen molar-refractivity contribution in [2.24, 2.45) is 0 Å². The number of methoxy groups -OCH3 is 2. The fourth-order valence-corrected chi connectivity index (χ4v) is 4.18. The van der Waals surface area contributed by atoms with Crippen LogP contribution in [0.25, 0.3) is 0 Å². The van der Waals surface area contributed by atoms with E-state index in [2.05, 4.69) is 5.32 Å². The van der Waals surface area contributed by atoms with E-state index in [-0.39, 0.29) is 22.3 Å². The zero-order valence-electron chi connectivity index (χ0n) is 16.9. The summed E-state index contributed by atoms with van der Waals surface area (Å²) >= 11 is 11.9. The molecular formula is C20H24Cl2N2O5S. The molecular weight excluding hydrogens is 451 g/mol. The molecule has 0 heterocycles. The topological polar surface area (TPSA) is 84.9 Å². The molecule has 2 aromatic carbocycles. The number of benzene rings is 2. The number of anilines is 1. The van der Waals surface area contributed by atoms with Gasteiger partial charge in [0.15, 0.2) is 11.5 Å². The van der Waals surface area contributed by atoms with Crippen molar-refractivity contribution in [2.75, 3.05) is 37.9 Å². The van der Waals surface area contributed by atoms with Crippen LogP contribution in [0.4, 0.5) is 5.69 Å². The van der Waals surface area contributed by atoms with Gasteiger partial charge in [-0.3, -0.25) is 9.10 Å². The third-order valence-corrected chi connectivity index (χ3v) is 5.81. The Morgan fingerprint density at radius 2 is 1.67 bits per heavy atom. The van der Waals surface area contributed by atoms with E-state index in [9.17, 15) is 13.2 Å². The van der Waals surface area contributed by atoms with Crippen LogP contribution in [0.5, 0.6) is 11.5 Å². The Hall–Kier alpha value is -2.16. The highest BCUT2D eigenvalue weighted by atomic mass is 35.5. The second-order valence-electron chi connectivity index (χ2n) is 6.54. The number of rotatable bonds is 10. The van der Waals surface area contributed by atoms with Crippen molar-refractivity contribution in [3.63, 3.8) is 0 Å². The summed E-state index contributed by atoms with van der Waals surface area (Å²) in [5.41, 5.74) is 1.27. The quantitative estimate of drug-likeness (QED) is 0.532. The van der Waals surface area contributed by atoms with Crippen LogP contribution in [-0.2, 0) is 21.2 Å². The summed E-state index contributed by atoms with van der Waals surface area (Å²) in [6, 6.07) is 10.0. The van der Waals surface area contributed by atoms with Gasteiger partial charge in [-0.1, -0.05) is 29.3 Å². The third kappa shape index (κ3) is 6.97. The number of aryl methyl sites for hydroxylation is 1. The molecule has 0 fully saturated rings. The van der Waals surface area contributed by atoms with Gasteiger partial charge in [-0.2, -0.15) is 0 Å². The van der Waals surface area contributed by atoms with Gasteiger partial charge in [0.2, 0.25) is 15.9 Å². The molecule has 0 bridgehead atoms. The van der Waals surface area contributed by atoms with Gasteiger partial charge in [-0.15, -0.1) is 0 Å². The molecule has 0 saturated heterocycles. The maximum Gasteiger partial charge on any atom is 0.240 e. The molecule has 1 N–H and O–H groups in total. The number of nitrogens with one attached hydrogen (secondary N) is 1. The van der Waals surface area contributed by atoms with Crippen molar-refractivity contribution in [3.8, 4) is 11.5 Å². The van der Waals surface area contributed by atoms with Gasteiger partial charge in [0, 0.05) is 16.6 Å². The molecule has 0 aliphatic heterocycles. The van der Waals surface area contributed by atoms with Crippen LogP contribution in [0, 0.1) is 0 Å². The summed E-state index contributed by atoms with van der Waals surface area (Å²) in [6.07, 6.45) is 2.40. The van der Waals surface area contributed by atoms with Gasteiger partial charge in [0.25, 0.3) is 0 Å². The number of sulfonamides is 1. The molecule has 2 rings (SSSR count).